The zero-order valence-electron chi connectivity index (χ0n) is 9.11. The van der Waals surface area contributed by atoms with Crippen LogP contribution in [-0.4, -0.2) is 35.9 Å². The number of hydrogen-bond donors (Lipinski definition) is 1. The smallest absolute Gasteiger partial charge is 0.228 e. The van der Waals surface area contributed by atoms with Gasteiger partial charge in [0.1, 0.15) is 5.82 Å². The molecule has 5 heteroatoms. The molecule has 16 heavy (non-hydrogen) atoms. The maximum Gasteiger partial charge on any atom is 0.228 e. The maximum absolute atomic E-state index is 12.8. The van der Waals surface area contributed by atoms with Crippen LogP contribution in [0.15, 0.2) is 18.5 Å². The minimum Gasteiger partial charge on any atom is -0.324 e. The molecule has 86 valence electrons. The Bertz CT molecular complexity index is 397. The summed E-state index contributed by atoms with van der Waals surface area (Å²) >= 11 is 0. The van der Waals surface area contributed by atoms with Gasteiger partial charge < -0.3 is 10.2 Å². The molecule has 1 atom stereocenters. The van der Waals surface area contributed by atoms with E-state index < -0.39 is 5.82 Å². The van der Waals surface area contributed by atoms with E-state index in [-0.39, 0.29) is 11.8 Å². The van der Waals surface area contributed by atoms with Gasteiger partial charge in [-0.25, -0.2) is 4.39 Å². The molecule has 1 saturated heterocycles. The van der Waals surface area contributed by atoms with Crippen molar-refractivity contribution in [1.82, 2.24) is 9.88 Å². The summed E-state index contributed by atoms with van der Waals surface area (Å²) in [6.07, 6.45) is 3.41. The first-order chi connectivity index (χ1) is 7.65. The number of nitrogens with zero attached hydrogens (tertiary/aromatic N) is 2. The minimum absolute atomic E-state index is 0.00623. The average Bonchev–Trinajstić information content (AvgIpc) is 2.65. The number of pyridine rings is 1. The Morgan fingerprint density at radius 2 is 2.44 bits per heavy atom. The van der Waals surface area contributed by atoms with Crippen molar-refractivity contribution < 1.29 is 9.18 Å². The van der Waals surface area contributed by atoms with Crippen LogP contribution in [0.2, 0.25) is 0 Å². The molecule has 1 aliphatic heterocycles. The number of amides is 1. The van der Waals surface area contributed by atoms with Gasteiger partial charge in [0.25, 0.3) is 0 Å². The highest BCUT2D eigenvalue weighted by atomic mass is 19.1. The first-order valence-electron chi connectivity index (χ1n) is 5.25. The van der Waals surface area contributed by atoms with E-state index in [1.54, 1.807) is 0 Å². The van der Waals surface area contributed by atoms with Crippen LogP contribution < -0.4 is 5.32 Å². The van der Waals surface area contributed by atoms with Gasteiger partial charge in [0, 0.05) is 12.6 Å². The number of aromatic nitrogens is 1. The molecule has 0 unspecified atom stereocenters. The molecule has 2 rings (SSSR count). The van der Waals surface area contributed by atoms with E-state index >= 15 is 0 Å². The molecule has 0 aliphatic carbocycles. The van der Waals surface area contributed by atoms with Crippen LogP contribution in [0.1, 0.15) is 6.42 Å². The molecule has 2 heterocycles. The summed E-state index contributed by atoms with van der Waals surface area (Å²) in [5.74, 6) is -0.508. The average molecular weight is 223 g/mol. The van der Waals surface area contributed by atoms with E-state index in [9.17, 15) is 9.18 Å². The molecule has 1 N–H and O–H groups in total. The lowest BCUT2D eigenvalue weighted by atomic mass is 10.1. The summed E-state index contributed by atoms with van der Waals surface area (Å²) in [6.45, 7) is 1.69. The minimum atomic E-state index is -0.443. The lowest BCUT2D eigenvalue weighted by Crippen LogP contribution is -2.25. The highest BCUT2D eigenvalue weighted by molar-refractivity contribution is 5.92. The number of nitrogens with one attached hydrogen (secondary N) is 1. The molecular weight excluding hydrogens is 209 g/mol. The lowest BCUT2D eigenvalue weighted by molar-refractivity contribution is -0.119. The first-order valence-corrected chi connectivity index (χ1v) is 5.25. The van der Waals surface area contributed by atoms with E-state index in [0.29, 0.717) is 5.69 Å². The second-order valence-electron chi connectivity index (χ2n) is 4.13. The Morgan fingerprint density at radius 3 is 3.06 bits per heavy atom. The molecule has 0 saturated carbocycles. The predicted octanol–water partition coefficient (Wildman–Crippen LogP) is 1.11. The van der Waals surface area contributed by atoms with E-state index in [4.69, 9.17) is 0 Å². The summed E-state index contributed by atoms with van der Waals surface area (Å²) in [7, 11) is 1.98. The van der Waals surface area contributed by atoms with Gasteiger partial charge in [0.2, 0.25) is 5.91 Å². The predicted molar refractivity (Wildman–Crippen MR) is 58.4 cm³/mol. The molecule has 1 aliphatic rings. The van der Waals surface area contributed by atoms with Crippen molar-refractivity contribution in [2.24, 2.45) is 5.92 Å². The second kappa shape index (κ2) is 4.57. The van der Waals surface area contributed by atoms with Crippen molar-refractivity contribution in [3.8, 4) is 0 Å². The van der Waals surface area contributed by atoms with E-state index in [1.807, 2.05) is 7.05 Å². The molecular formula is C11H14FN3O. The van der Waals surface area contributed by atoms with E-state index in [2.05, 4.69) is 15.2 Å². The normalized spacial score (nSPS) is 21.0. The molecule has 1 amide bonds. The van der Waals surface area contributed by atoms with Crippen molar-refractivity contribution in [3.63, 3.8) is 0 Å². The number of hydrogen-bond acceptors (Lipinski definition) is 3. The van der Waals surface area contributed by atoms with Crippen LogP contribution >= 0.6 is 0 Å². The number of halogens is 1. The SMILES string of the molecule is CN1CC[C@@H](C(=O)Nc2cncc(F)c2)C1. The summed E-state index contributed by atoms with van der Waals surface area (Å²) in [4.78, 5) is 17.6. The van der Waals surface area contributed by atoms with Crippen LogP contribution in [0.5, 0.6) is 0 Å². The molecule has 0 radical (unpaired) electrons. The Morgan fingerprint density at radius 1 is 1.62 bits per heavy atom. The van der Waals surface area contributed by atoms with Crippen molar-refractivity contribution in [1.29, 1.82) is 0 Å². The number of carbonyl (C=O) groups is 1. The van der Waals surface area contributed by atoms with Crippen molar-refractivity contribution in [3.05, 3.63) is 24.3 Å². The van der Waals surface area contributed by atoms with Gasteiger partial charge >= 0.3 is 0 Å². The van der Waals surface area contributed by atoms with Crippen LogP contribution in [0.3, 0.4) is 0 Å². The van der Waals surface area contributed by atoms with Gasteiger partial charge in [-0.15, -0.1) is 0 Å². The largest absolute Gasteiger partial charge is 0.324 e. The van der Waals surface area contributed by atoms with Crippen LogP contribution in [0.25, 0.3) is 0 Å². The Labute approximate surface area is 93.5 Å². The van der Waals surface area contributed by atoms with Crippen LogP contribution in [-0.2, 0) is 4.79 Å². The molecule has 4 nitrogen and oxygen atoms in total. The second-order valence-corrected chi connectivity index (χ2v) is 4.13. The van der Waals surface area contributed by atoms with Crippen molar-refractivity contribution in [2.45, 2.75) is 6.42 Å². The fourth-order valence-corrected chi connectivity index (χ4v) is 1.87. The third kappa shape index (κ3) is 2.55. The fourth-order valence-electron chi connectivity index (χ4n) is 1.87. The van der Waals surface area contributed by atoms with Gasteiger partial charge in [-0.05, 0) is 20.0 Å². The summed E-state index contributed by atoms with van der Waals surface area (Å²) < 4.78 is 12.8. The Kier molecular flexibility index (Phi) is 3.14. The summed E-state index contributed by atoms with van der Waals surface area (Å²) in [5, 5.41) is 2.68. The summed E-state index contributed by atoms with van der Waals surface area (Å²) in [5.41, 5.74) is 0.416. The van der Waals surface area contributed by atoms with E-state index in [1.165, 1.54) is 12.3 Å². The third-order valence-corrected chi connectivity index (χ3v) is 2.73. The molecule has 1 fully saturated rings. The molecule has 0 bridgehead atoms. The topological polar surface area (TPSA) is 45.2 Å². The first kappa shape index (κ1) is 11.0. The van der Waals surface area contributed by atoms with Crippen LogP contribution in [0, 0.1) is 11.7 Å². The Hall–Kier alpha value is -1.49. The zero-order valence-corrected chi connectivity index (χ0v) is 9.11. The standard InChI is InChI=1S/C11H14FN3O/c1-15-3-2-8(7-15)11(16)14-10-4-9(12)5-13-6-10/h4-6,8H,2-3,7H2,1H3,(H,14,16)/t8-/m1/s1. The monoisotopic (exact) mass is 223 g/mol. The van der Waals surface area contributed by atoms with Gasteiger partial charge in [0.05, 0.1) is 24.0 Å². The van der Waals surface area contributed by atoms with Crippen LogP contribution in [0.4, 0.5) is 10.1 Å². The molecule has 0 spiro atoms. The molecule has 1 aromatic rings. The Balaban J connectivity index is 1.97. The third-order valence-electron chi connectivity index (χ3n) is 2.73. The molecule has 1 aromatic heterocycles. The quantitative estimate of drug-likeness (QED) is 0.817. The van der Waals surface area contributed by atoms with Crippen molar-refractivity contribution >= 4 is 11.6 Å². The highest BCUT2D eigenvalue weighted by Gasteiger charge is 2.26. The highest BCUT2D eigenvalue weighted by Crippen LogP contribution is 2.17. The van der Waals surface area contributed by atoms with Crippen molar-refractivity contribution in [2.75, 3.05) is 25.5 Å². The fraction of sp³-hybridized carbons (Fsp3) is 0.455. The van der Waals surface area contributed by atoms with Gasteiger partial charge in [-0.3, -0.25) is 9.78 Å². The lowest BCUT2D eigenvalue weighted by Gasteiger charge is -2.10. The van der Waals surface area contributed by atoms with E-state index in [0.717, 1.165) is 25.7 Å². The number of carbonyl (C=O) groups excluding carboxylic acids is 1. The molecule has 0 aromatic carbocycles. The zero-order chi connectivity index (χ0) is 11.5. The van der Waals surface area contributed by atoms with Gasteiger partial charge in [-0.1, -0.05) is 0 Å². The number of likely N-dealkylation sites (tertiary alicyclic amines) is 1. The maximum atomic E-state index is 12.8. The summed E-state index contributed by atoms with van der Waals surface area (Å²) in [6, 6.07) is 1.27. The number of anilines is 1. The van der Waals surface area contributed by atoms with Gasteiger partial charge in [0.15, 0.2) is 0 Å². The number of rotatable bonds is 2. The van der Waals surface area contributed by atoms with Gasteiger partial charge in [-0.2, -0.15) is 0 Å².